The maximum atomic E-state index is 4.98. The zero-order valence-electron chi connectivity index (χ0n) is 8.45. The Hall–Kier alpha value is -1.12. The minimum atomic E-state index is 0.441. The molecule has 1 aromatic rings. The number of hydrogen-bond donors (Lipinski definition) is 0. The van der Waals surface area contributed by atoms with Gasteiger partial charge in [0, 0.05) is 5.92 Å². The number of aromatic nitrogens is 2. The molecular formula is C10H16N2O. The van der Waals surface area contributed by atoms with Crippen molar-refractivity contribution in [1.29, 1.82) is 0 Å². The molecule has 0 aliphatic rings. The first-order valence-corrected chi connectivity index (χ1v) is 4.63. The van der Waals surface area contributed by atoms with Gasteiger partial charge >= 0.3 is 0 Å². The van der Waals surface area contributed by atoms with Crippen LogP contribution in [0.1, 0.15) is 38.4 Å². The number of methoxy groups -OCH3 is 1. The van der Waals surface area contributed by atoms with Gasteiger partial charge in [0.05, 0.1) is 19.5 Å². The highest BCUT2D eigenvalue weighted by atomic mass is 16.5. The van der Waals surface area contributed by atoms with E-state index in [2.05, 4.69) is 23.8 Å². The highest BCUT2D eigenvalue weighted by molar-refractivity contribution is 5.13. The standard InChI is InChI=1S/C10H16N2O/c1-4-5-8(2)10-11-6-9(13-3)7-12-10/h6-8H,4-5H2,1-3H3. The van der Waals surface area contributed by atoms with Gasteiger partial charge in [0.15, 0.2) is 5.75 Å². The van der Waals surface area contributed by atoms with Crippen molar-refractivity contribution in [1.82, 2.24) is 9.97 Å². The van der Waals surface area contributed by atoms with Gasteiger partial charge in [0.25, 0.3) is 0 Å². The lowest BCUT2D eigenvalue weighted by atomic mass is 10.1. The fourth-order valence-corrected chi connectivity index (χ4v) is 1.25. The molecule has 13 heavy (non-hydrogen) atoms. The van der Waals surface area contributed by atoms with Crippen LogP contribution in [-0.2, 0) is 0 Å². The summed E-state index contributed by atoms with van der Waals surface area (Å²) in [4.78, 5) is 8.46. The summed E-state index contributed by atoms with van der Waals surface area (Å²) in [7, 11) is 1.62. The molecule has 0 amide bonds. The first-order chi connectivity index (χ1) is 6.27. The fraction of sp³-hybridized carbons (Fsp3) is 0.600. The summed E-state index contributed by atoms with van der Waals surface area (Å²) in [5.41, 5.74) is 0. The summed E-state index contributed by atoms with van der Waals surface area (Å²) in [6.07, 6.45) is 5.73. The second-order valence-corrected chi connectivity index (χ2v) is 3.17. The average Bonchev–Trinajstić information content (AvgIpc) is 2.18. The van der Waals surface area contributed by atoms with Crippen molar-refractivity contribution in [2.24, 2.45) is 0 Å². The zero-order valence-corrected chi connectivity index (χ0v) is 8.45. The monoisotopic (exact) mass is 180 g/mol. The van der Waals surface area contributed by atoms with Crippen molar-refractivity contribution in [3.05, 3.63) is 18.2 Å². The van der Waals surface area contributed by atoms with Crippen LogP contribution in [0.4, 0.5) is 0 Å². The zero-order chi connectivity index (χ0) is 9.68. The molecule has 3 nitrogen and oxygen atoms in total. The van der Waals surface area contributed by atoms with E-state index in [0.717, 1.165) is 18.7 Å². The van der Waals surface area contributed by atoms with E-state index in [4.69, 9.17) is 4.74 Å². The smallest absolute Gasteiger partial charge is 0.155 e. The van der Waals surface area contributed by atoms with Crippen molar-refractivity contribution in [3.8, 4) is 5.75 Å². The largest absolute Gasteiger partial charge is 0.494 e. The summed E-state index contributed by atoms with van der Waals surface area (Å²) >= 11 is 0. The molecule has 0 saturated heterocycles. The second kappa shape index (κ2) is 4.80. The highest BCUT2D eigenvalue weighted by Crippen LogP contribution is 2.17. The molecule has 0 saturated carbocycles. The number of hydrogen-bond acceptors (Lipinski definition) is 3. The molecular weight excluding hydrogens is 164 g/mol. The van der Waals surface area contributed by atoms with E-state index >= 15 is 0 Å². The number of nitrogens with zero attached hydrogens (tertiary/aromatic N) is 2. The van der Waals surface area contributed by atoms with Gasteiger partial charge in [-0.2, -0.15) is 0 Å². The molecule has 1 heterocycles. The van der Waals surface area contributed by atoms with E-state index in [1.54, 1.807) is 19.5 Å². The Morgan fingerprint density at radius 2 is 2.00 bits per heavy atom. The number of ether oxygens (including phenoxy) is 1. The molecule has 0 spiro atoms. The topological polar surface area (TPSA) is 35.0 Å². The molecule has 0 N–H and O–H groups in total. The van der Waals surface area contributed by atoms with E-state index in [0.29, 0.717) is 11.7 Å². The third-order valence-corrected chi connectivity index (χ3v) is 2.05. The van der Waals surface area contributed by atoms with Gasteiger partial charge in [-0.05, 0) is 6.42 Å². The van der Waals surface area contributed by atoms with Crippen molar-refractivity contribution in [2.75, 3.05) is 7.11 Å². The van der Waals surface area contributed by atoms with E-state index in [9.17, 15) is 0 Å². The predicted molar refractivity (Wildman–Crippen MR) is 51.9 cm³/mol. The summed E-state index contributed by atoms with van der Waals surface area (Å²) in [6, 6.07) is 0. The summed E-state index contributed by atoms with van der Waals surface area (Å²) in [6.45, 7) is 4.31. The molecule has 0 bridgehead atoms. The quantitative estimate of drug-likeness (QED) is 0.713. The van der Waals surface area contributed by atoms with Crippen molar-refractivity contribution in [2.45, 2.75) is 32.6 Å². The summed E-state index contributed by atoms with van der Waals surface area (Å²) in [5.74, 6) is 2.06. The molecule has 0 fully saturated rings. The fourth-order valence-electron chi connectivity index (χ4n) is 1.25. The lowest BCUT2D eigenvalue weighted by Crippen LogP contribution is -2.00. The minimum Gasteiger partial charge on any atom is -0.494 e. The lowest BCUT2D eigenvalue weighted by Gasteiger charge is -2.07. The molecule has 1 aromatic heterocycles. The second-order valence-electron chi connectivity index (χ2n) is 3.17. The van der Waals surface area contributed by atoms with Crippen LogP contribution in [0.5, 0.6) is 5.75 Å². The highest BCUT2D eigenvalue weighted by Gasteiger charge is 2.06. The maximum absolute atomic E-state index is 4.98. The Morgan fingerprint density at radius 1 is 1.38 bits per heavy atom. The first kappa shape index (κ1) is 9.96. The Bertz CT molecular complexity index is 246. The molecule has 1 unspecified atom stereocenters. The van der Waals surface area contributed by atoms with Gasteiger partial charge in [-0.3, -0.25) is 0 Å². The molecule has 3 heteroatoms. The SMILES string of the molecule is CCCC(C)c1ncc(OC)cn1. The van der Waals surface area contributed by atoms with Gasteiger partial charge in [-0.15, -0.1) is 0 Å². The van der Waals surface area contributed by atoms with Crippen LogP contribution in [0.15, 0.2) is 12.4 Å². The van der Waals surface area contributed by atoms with Crippen LogP contribution in [0.25, 0.3) is 0 Å². The molecule has 0 radical (unpaired) electrons. The minimum absolute atomic E-state index is 0.441. The van der Waals surface area contributed by atoms with Crippen LogP contribution in [0, 0.1) is 0 Å². The molecule has 0 aliphatic heterocycles. The van der Waals surface area contributed by atoms with Crippen molar-refractivity contribution >= 4 is 0 Å². The molecule has 72 valence electrons. The molecule has 1 atom stereocenters. The van der Waals surface area contributed by atoms with Crippen LogP contribution in [0.3, 0.4) is 0 Å². The van der Waals surface area contributed by atoms with Crippen molar-refractivity contribution in [3.63, 3.8) is 0 Å². The first-order valence-electron chi connectivity index (χ1n) is 4.63. The van der Waals surface area contributed by atoms with Crippen LogP contribution in [-0.4, -0.2) is 17.1 Å². The Labute approximate surface area is 79.2 Å². The molecule has 0 aromatic carbocycles. The van der Waals surface area contributed by atoms with E-state index < -0.39 is 0 Å². The Kier molecular flexibility index (Phi) is 3.68. The van der Waals surface area contributed by atoms with Gasteiger partial charge in [-0.25, -0.2) is 9.97 Å². The van der Waals surface area contributed by atoms with Gasteiger partial charge in [-0.1, -0.05) is 20.3 Å². The van der Waals surface area contributed by atoms with E-state index in [-0.39, 0.29) is 0 Å². The normalized spacial score (nSPS) is 12.5. The third kappa shape index (κ3) is 2.68. The summed E-state index contributed by atoms with van der Waals surface area (Å²) < 4.78 is 4.98. The van der Waals surface area contributed by atoms with Crippen LogP contribution in [0.2, 0.25) is 0 Å². The third-order valence-electron chi connectivity index (χ3n) is 2.05. The van der Waals surface area contributed by atoms with Gasteiger partial charge in [0.1, 0.15) is 5.82 Å². The lowest BCUT2D eigenvalue weighted by molar-refractivity contribution is 0.409. The Morgan fingerprint density at radius 3 is 2.46 bits per heavy atom. The molecule has 0 aliphatic carbocycles. The van der Waals surface area contributed by atoms with Crippen LogP contribution >= 0.6 is 0 Å². The summed E-state index contributed by atoms with van der Waals surface area (Å²) in [5, 5.41) is 0. The van der Waals surface area contributed by atoms with E-state index in [1.165, 1.54) is 0 Å². The Balaban J connectivity index is 2.67. The maximum Gasteiger partial charge on any atom is 0.155 e. The van der Waals surface area contributed by atoms with Gasteiger partial charge in [0.2, 0.25) is 0 Å². The number of rotatable bonds is 4. The van der Waals surface area contributed by atoms with Gasteiger partial charge < -0.3 is 4.74 Å². The predicted octanol–water partition coefficient (Wildman–Crippen LogP) is 2.39. The van der Waals surface area contributed by atoms with Crippen molar-refractivity contribution < 1.29 is 4.74 Å². The average molecular weight is 180 g/mol. The molecule has 1 rings (SSSR count). The van der Waals surface area contributed by atoms with Crippen LogP contribution < -0.4 is 4.74 Å². The van der Waals surface area contributed by atoms with E-state index in [1.807, 2.05) is 0 Å².